The summed E-state index contributed by atoms with van der Waals surface area (Å²) < 4.78 is 7.05. The molecule has 1 unspecified atom stereocenters. The van der Waals surface area contributed by atoms with Crippen LogP contribution in [0.3, 0.4) is 0 Å². The summed E-state index contributed by atoms with van der Waals surface area (Å²) in [5.41, 5.74) is 2.76. The van der Waals surface area contributed by atoms with Gasteiger partial charge < -0.3 is 14.5 Å². The number of aryl methyl sites for hydroxylation is 1. The second-order valence-electron chi connectivity index (χ2n) is 7.23. The first kappa shape index (κ1) is 16.3. The number of ether oxygens (including phenoxy) is 1. The topological polar surface area (TPSA) is 63.0 Å². The van der Waals surface area contributed by atoms with Crippen LogP contribution in [-0.2, 0) is 9.53 Å². The van der Waals surface area contributed by atoms with E-state index >= 15 is 0 Å². The van der Waals surface area contributed by atoms with Crippen LogP contribution in [0.1, 0.15) is 24.1 Å². The van der Waals surface area contributed by atoms with Crippen LogP contribution < -0.4 is 4.90 Å². The van der Waals surface area contributed by atoms with E-state index in [1.54, 1.807) is 13.3 Å². The van der Waals surface area contributed by atoms with E-state index in [9.17, 15) is 4.79 Å². The molecule has 0 saturated carbocycles. The number of carbonyl (C=O) groups excluding carboxylic acids is 1. The molecule has 7 nitrogen and oxygen atoms in total. The van der Waals surface area contributed by atoms with E-state index in [-0.39, 0.29) is 11.3 Å². The number of nitrogens with zero attached hydrogens (tertiary/aromatic N) is 5. The third-order valence-corrected chi connectivity index (χ3v) is 5.80. The summed E-state index contributed by atoms with van der Waals surface area (Å²) in [6.07, 6.45) is 3.61. The predicted molar refractivity (Wildman–Crippen MR) is 94.8 cm³/mol. The van der Waals surface area contributed by atoms with Gasteiger partial charge in [-0.25, -0.2) is 4.98 Å². The number of methoxy groups -OCH3 is 1. The van der Waals surface area contributed by atoms with Crippen molar-refractivity contribution in [2.45, 2.75) is 26.7 Å². The van der Waals surface area contributed by atoms with Gasteiger partial charge in [0.05, 0.1) is 18.2 Å². The van der Waals surface area contributed by atoms with Crippen LogP contribution in [0.2, 0.25) is 0 Å². The Morgan fingerprint density at radius 2 is 2.08 bits per heavy atom. The van der Waals surface area contributed by atoms with Crippen LogP contribution in [0, 0.1) is 19.3 Å². The number of hydrogen-bond donors (Lipinski definition) is 0. The first-order valence-corrected chi connectivity index (χ1v) is 8.90. The van der Waals surface area contributed by atoms with Gasteiger partial charge in [0.2, 0.25) is 5.91 Å². The molecule has 0 radical (unpaired) electrons. The van der Waals surface area contributed by atoms with Gasteiger partial charge in [-0.2, -0.15) is 9.61 Å². The highest BCUT2D eigenvalue weighted by Crippen LogP contribution is 2.42. The van der Waals surface area contributed by atoms with Gasteiger partial charge in [0.15, 0.2) is 5.65 Å². The van der Waals surface area contributed by atoms with Gasteiger partial charge in [0.1, 0.15) is 5.82 Å². The molecule has 2 fully saturated rings. The van der Waals surface area contributed by atoms with E-state index in [0.29, 0.717) is 13.2 Å². The Morgan fingerprint density at radius 3 is 2.88 bits per heavy atom. The fraction of sp³-hybridized carbons (Fsp3) is 0.611. The standard InChI is InChI=1S/C18H25N5O2/c1-13-14(2)20-15-4-7-19-23(15)16(13)22-9-6-18(12-22)5-8-21(17(18)24)10-11-25-3/h4,7H,5-6,8-12H2,1-3H3. The van der Waals surface area contributed by atoms with Crippen LogP contribution in [0.5, 0.6) is 0 Å². The molecule has 0 aliphatic carbocycles. The van der Waals surface area contributed by atoms with Gasteiger partial charge in [0, 0.05) is 50.6 Å². The monoisotopic (exact) mass is 343 g/mol. The second kappa shape index (κ2) is 5.98. The molecule has 4 heterocycles. The Kier molecular flexibility index (Phi) is 3.91. The lowest BCUT2D eigenvalue weighted by molar-refractivity contribution is -0.135. The average molecular weight is 343 g/mol. The molecule has 0 N–H and O–H groups in total. The van der Waals surface area contributed by atoms with Gasteiger partial charge in [-0.15, -0.1) is 0 Å². The van der Waals surface area contributed by atoms with Crippen LogP contribution in [0.25, 0.3) is 5.65 Å². The minimum Gasteiger partial charge on any atom is -0.383 e. The smallest absolute Gasteiger partial charge is 0.230 e. The molecule has 0 bridgehead atoms. The van der Waals surface area contributed by atoms with Gasteiger partial charge in [-0.3, -0.25) is 4.79 Å². The van der Waals surface area contributed by atoms with Gasteiger partial charge in [-0.1, -0.05) is 0 Å². The third kappa shape index (κ3) is 2.49. The van der Waals surface area contributed by atoms with E-state index in [2.05, 4.69) is 21.9 Å². The van der Waals surface area contributed by atoms with Crippen molar-refractivity contribution < 1.29 is 9.53 Å². The normalized spacial score (nSPS) is 23.6. The molecule has 1 spiro atoms. The zero-order valence-corrected chi connectivity index (χ0v) is 15.2. The summed E-state index contributed by atoms with van der Waals surface area (Å²) in [6, 6.07) is 1.93. The molecule has 2 saturated heterocycles. The van der Waals surface area contributed by atoms with Crippen LogP contribution in [-0.4, -0.2) is 65.3 Å². The van der Waals surface area contributed by atoms with Crippen molar-refractivity contribution in [1.82, 2.24) is 19.5 Å². The maximum atomic E-state index is 13.0. The first-order chi connectivity index (χ1) is 12.1. The number of anilines is 1. The van der Waals surface area contributed by atoms with Crippen molar-refractivity contribution in [3.05, 3.63) is 23.5 Å². The number of likely N-dealkylation sites (tertiary alicyclic amines) is 1. The molecule has 7 heteroatoms. The lowest BCUT2D eigenvalue weighted by Crippen LogP contribution is -2.38. The Bertz CT molecular complexity index is 817. The highest BCUT2D eigenvalue weighted by molar-refractivity contribution is 5.86. The summed E-state index contributed by atoms with van der Waals surface area (Å²) in [6.45, 7) is 7.88. The highest BCUT2D eigenvalue weighted by atomic mass is 16.5. The molecule has 2 aliphatic heterocycles. The Morgan fingerprint density at radius 1 is 1.28 bits per heavy atom. The Balaban J connectivity index is 1.63. The molecule has 4 rings (SSSR count). The average Bonchev–Trinajstić information content (AvgIpc) is 3.30. The fourth-order valence-electron chi connectivity index (χ4n) is 4.23. The summed E-state index contributed by atoms with van der Waals surface area (Å²) in [5, 5.41) is 4.46. The van der Waals surface area contributed by atoms with Crippen LogP contribution in [0.4, 0.5) is 5.82 Å². The molecule has 25 heavy (non-hydrogen) atoms. The summed E-state index contributed by atoms with van der Waals surface area (Å²) >= 11 is 0. The van der Waals surface area contributed by atoms with E-state index in [0.717, 1.165) is 55.2 Å². The number of aromatic nitrogens is 3. The van der Waals surface area contributed by atoms with Gasteiger partial charge in [-0.05, 0) is 26.7 Å². The SMILES string of the molecule is COCCN1CCC2(CCN(c3c(C)c(C)nc4ccnn34)C2)C1=O. The number of rotatable bonds is 4. The lowest BCUT2D eigenvalue weighted by Gasteiger charge is -2.26. The molecular weight excluding hydrogens is 318 g/mol. The zero-order chi connectivity index (χ0) is 17.6. The van der Waals surface area contributed by atoms with Crippen molar-refractivity contribution in [1.29, 1.82) is 0 Å². The molecule has 2 aromatic rings. The van der Waals surface area contributed by atoms with E-state index in [1.165, 1.54) is 0 Å². The summed E-state index contributed by atoms with van der Waals surface area (Å²) in [5.74, 6) is 1.36. The Hall–Kier alpha value is -2.15. The van der Waals surface area contributed by atoms with Crippen molar-refractivity contribution in [2.24, 2.45) is 5.41 Å². The minimum atomic E-state index is -0.253. The molecule has 134 valence electrons. The minimum absolute atomic E-state index is 0.253. The van der Waals surface area contributed by atoms with Crippen LogP contribution in [0.15, 0.2) is 12.3 Å². The van der Waals surface area contributed by atoms with Gasteiger partial charge >= 0.3 is 0 Å². The molecule has 1 atom stereocenters. The number of amides is 1. The van der Waals surface area contributed by atoms with E-state index < -0.39 is 0 Å². The third-order valence-electron chi connectivity index (χ3n) is 5.80. The lowest BCUT2D eigenvalue weighted by atomic mass is 9.85. The molecular formula is C18H25N5O2. The molecule has 2 aliphatic rings. The largest absolute Gasteiger partial charge is 0.383 e. The van der Waals surface area contributed by atoms with Gasteiger partial charge in [0.25, 0.3) is 0 Å². The quantitative estimate of drug-likeness (QED) is 0.840. The van der Waals surface area contributed by atoms with Crippen molar-refractivity contribution in [3.63, 3.8) is 0 Å². The Labute approximate surface area is 147 Å². The zero-order valence-electron chi connectivity index (χ0n) is 15.2. The van der Waals surface area contributed by atoms with Crippen molar-refractivity contribution in [3.8, 4) is 0 Å². The molecule has 1 amide bonds. The van der Waals surface area contributed by atoms with Crippen LogP contribution >= 0.6 is 0 Å². The molecule has 2 aromatic heterocycles. The highest BCUT2D eigenvalue weighted by Gasteiger charge is 2.51. The van der Waals surface area contributed by atoms with Crippen molar-refractivity contribution in [2.75, 3.05) is 44.8 Å². The summed E-state index contributed by atoms with van der Waals surface area (Å²) in [7, 11) is 1.68. The summed E-state index contributed by atoms with van der Waals surface area (Å²) in [4.78, 5) is 21.9. The second-order valence-corrected chi connectivity index (χ2v) is 7.23. The maximum Gasteiger partial charge on any atom is 0.230 e. The number of hydrogen-bond acceptors (Lipinski definition) is 5. The number of fused-ring (bicyclic) bond motifs is 1. The van der Waals surface area contributed by atoms with E-state index in [1.807, 2.05) is 22.4 Å². The maximum absolute atomic E-state index is 13.0. The number of carbonyl (C=O) groups is 1. The molecule has 0 aromatic carbocycles. The fourth-order valence-corrected chi connectivity index (χ4v) is 4.23. The van der Waals surface area contributed by atoms with Crippen molar-refractivity contribution >= 4 is 17.4 Å². The predicted octanol–water partition coefficient (Wildman–Crippen LogP) is 1.42. The van der Waals surface area contributed by atoms with E-state index in [4.69, 9.17) is 4.74 Å². The first-order valence-electron chi connectivity index (χ1n) is 8.90.